The Bertz CT molecular complexity index is 707. The van der Waals surface area contributed by atoms with E-state index in [0.717, 1.165) is 5.56 Å². The first kappa shape index (κ1) is 17.3. The molecule has 120 valence electrons. The highest BCUT2D eigenvalue weighted by Gasteiger charge is 2.18. The van der Waals surface area contributed by atoms with Crippen molar-refractivity contribution in [3.63, 3.8) is 0 Å². The van der Waals surface area contributed by atoms with Gasteiger partial charge in [-0.1, -0.05) is 35.9 Å². The molecule has 1 N–H and O–H groups in total. The van der Waals surface area contributed by atoms with Crippen molar-refractivity contribution in [3.05, 3.63) is 69.2 Å². The molecule has 2 aromatic carbocycles. The number of nitrogens with one attached hydrogen (secondary N) is 1. The van der Waals surface area contributed by atoms with Gasteiger partial charge in [-0.05, 0) is 30.7 Å². The lowest BCUT2D eigenvalue weighted by Crippen LogP contribution is -2.23. The molecule has 0 radical (unpaired) electrons. The van der Waals surface area contributed by atoms with E-state index in [9.17, 15) is 14.9 Å². The molecule has 0 bridgehead atoms. The summed E-state index contributed by atoms with van der Waals surface area (Å²) in [6.07, 6.45) is 0. The van der Waals surface area contributed by atoms with Crippen LogP contribution in [0.5, 0.6) is 0 Å². The molecule has 0 fully saturated rings. The van der Waals surface area contributed by atoms with E-state index in [1.54, 1.807) is 31.2 Å². The molecule has 0 spiro atoms. The molecule has 1 amide bonds. The third kappa shape index (κ3) is 4.97. The molecule has 0 saturated heterocycles. The maximum atomic E-state index is 12.2. The summed E-state index contributed by atoms with van der Waals surface area (Å²) in [5, 5.41) is 13.9. The van der Waals surface area contributed by atoms with Gasteiger partial charge in [0.1, 0.15) is 5.69 Å². The van der Waals surface area contributed by atoms with Gasteiger partial charge < -0.3 is 5.32 Å². The SMILES string of the molecule is C[C@@H](SCc1ccc(Cl)cc1)C(=O)Nc1ccccc1[N+](=O)[O-]. The molecule has 2 aromatic rings. The smallest absolute Gasteiger partial charge is 0.292 e. The summed E-state index contributed by atoms with van der Waals surface area (Å²) < 4.78 is 0. The number of amides is 1. The second-order valence-electron chi connectivity index (χ2n) is 4.84. The van der Waals surface area contributed by atoms with Crippen molar-refractivity contribution in [2.24, 2.45) is 0 Å². The Labute approximate surface area is 143 Å². The molecule has 0 aromatic heterocycles. The van der Waals surface area contributed by atoms with E-state index in [-0.39, 0.29) is 22.5 Å². The predicted octanol–water partition coefficient (Wildman–Crippen LogP) is 4.51. The van der Waals surface area contributed by atoms with Crippen LogP contribution < -0.4 is 5.32 Å². The Kier molecular flexibility index (Phi) is 6.01. The number of carbonyl (C=O) groups is 1. The van der Waals surface area contributed by atoms with Crippen molar-refractivity contribution < 1.29 is 9.72 Å². The fourth-order valence-electron chi connectivity index (χ4n) is 1.85. The lowest BCUT2D eigenvalue weighted by Gasteiger charge is -2.12. The minimum absolute atomic E-state index is 0.115. The van der Waals surface area contributed by atoms with Crippen molar-refractivity contribution in [2.75, 3.05) is 5.32 Å². The van der Waals surface area contributed by atoms with Crippen LogP contribution in [-0.2, 0) is 10.5 Å². The van der Waals surface area contributed by atoms with E-state index < -0.39 is 4.92 Å². The maximum Gasteiger partial charge on any atom is 0.292 e. The molecule has 0 unspecified atom stereocenters. The van der Waals surface area contributed by atoms with Gasteiger partial charge >= 0.3 is 0 Å². The normalized spacial score (nSPS) is 11.7. The molecule has 2 rings (SSSR count). The Balaban J connectivity index is 1.95. The molecule has 0 aliphatic carbocycles. The lowest BCUT2D eigenvalue weighted by molar-refractivity contribution is -0.383. The molecule has 0 aliphatic heterocycles. The monoisotopic (exact) mass is 350 g/mol. The molecule has 0 heterocycles. The summed E-state index contributed by atoms with van der Waals surface area (Å²) in [5.74, 6) is 0.390. The van der Waals surface area contributed by atoms with Gasteiger partial charge in [-0.3, -0.25) is 14.9 Å². The quantitative estimate of drug-likeness (QED) is 0.614. The van der Waals surface area contributed by atoms with Crippen LogP contribution in [0.4, 0.5) is 11.4 Å². The van der Waals surface area contributed by atoms with E-state index in [2.05, 4.69) is 5.32 Å². The summed E-state index contributed by atoms with van der Waals surface area (Å²) in [6, 6.07) is 13.5. The van der Waals surface area contributed by atoms with Crippen LogP contribution >= 0.6 is 23.4 Å². The number of anilines is 1. The lowest BCUT2D eigenvalue weighted by atomic mass is 10.2. The van der Waals surface area contributed by atoms with E-state index in [1.165, 1.54) is 23.9 Å². The molecule has 1 atom stereocenters. The van der Waals surface area contributed by atoms with Gasteiger partial charge in [0, 0.05) is 16.8 Å². The highest BCUT2D eigenvalue weighted by molar-refractivity contribution is 7.99. The van der Waals surface area contributed by atoms with Gasteiger partial charge in [0.15, 0.2) is 0 Å². The number of halogens is 1. The van der Waals surface area contributed by atoms with Gasteiger partial charge in [0.2, 0.25) is 5.91 Å². The van der Waals surface area contributed by atoms with E-state index in [4.69, 9.17) is 11.6 Å². The predicted molar refractivity (Wildman–Crippen MR) is 93.9 cm³/mol. The first-order valence-corrected chi connectivity index (χ1v) is 8.30. The number of nitro groups is 1. The van der Waals surface area contributed by atoms with E-state index >= 15 is 0 Å². The highest BCUT2D eigenvalue weighted by atomic mass is 35.5. The first-order chi connectivity index (χ1) is 11.0. The van der Waals surface area contributed by atoms with E-state index in [1.807, 2.05) is 12.1 Å². The summed E-state index contributed by atoms with van der Waals surface area (Å²) in [4.78, 5) is 22.6. The number of carbonyl (C=O) groups excluding carboxylic acids is 1. The molecular formula is C16H15ClN2O3S. The van der Waals surface area contributed by atoms with Crippen molar-refractivity contribution in [1.82, 2.24) is 0 Å². The number of hydrogen-bond donors (Lipinski definition) is 1. The molecule has 0 saturated carbocycles. The van der Waals surface area contributed by atoms with Gasteiger partial charge in [-0.15, -0.1) is 11.8 Å². The Morgan fingerprint density at radius 2 is 1.91 bits per heavy atom. The number of hydrogen-bond acceptors (Lipinski definition) is 4. The summed E-state index contributed by atoms with van der Waals surface area (Å²) in [6.45, 7) is 1.77. The second kappa shape index (κ2) is 7.99. The van der Waals surface area contributed by atoms with Crippen LogP contribution in [0, 0.1) is 10.1 Å². The van der Waals surface area contributed by atoms with Crippen molar-refractivity contribution in [1.29, 1.82) is 0 Å². The number of nitro benzene ring substituents is 1. The summed E-state index contributed by atoms with van der Waals surface area (Å²) in [7, 11) is 0. The largest absolute Gasteiger partial charge is 0.319 e. The molecule has 7 heteroatoms. The van der Waals surface area contributed by atoms with Crippen LogP contribution in [0.2, 0.25) is 5.02 Å². The van der Waals surface area contributed by atoms with Gasteiger partial charge in [-0.25, -0.2) is 0 Å². The standard InChI is InChI=1S/C16H15ClN2O3S/c1-11(23-10-12-6-8-13(17)9-7-12)16(20)18-14-4-2-3-5-15(14)19(21)22/h2-9,11H,10H2,1H3,(H,18,20)/t11-/m1/s1. The van der Waals surface area contributed by atoms with Crippen LogP contribution in [0.1, 0.15) is 12.5 Å². The minimum atomic E-state index is -0.513. The second-order valence-corrected chi connectivity index (χ2v) is 6.61. The Hall–Kier alpha value is -2.05. The number of benzene rings is 2. The van der Waals surface area contributed by atoms with Crippen molar-refractivity contribution in [3.8, 4) is 0 Å². The minimum Gasteiger partial charge on any atom is -0.319 e. The third-order valence-electron chi connectivity index (χ3n) is 3.14. The van der Waals surface area contributed by atoms with Crippen LogP contribution in [-0.4, -0.2) is 16.1 Å². The molecular weight excluding hydrogens is 336 g/mol. The zero-order valence-electron chi connectivity index (χ0n) is 12.4. The summed E-state index contributed by atoms with van der Waals surface area (Å²) in [5.41, 5.74) is 1.15. The number of rotatable bonds is 6. The maximum absolute atomic E-state index is 12.2. The summed E-state index contributed by atoms with van der Waals surface area (Å²) >= 11 is 7.28. The number of para-hydroxylation sites is 2. The average Bonchev–Trinajstić information content (AvgIpc) is 2.54. The third-order valence-corrected chi connectivity index (χ3v) is 4.61. The molecule has 23 heavy (non-hydrogen) atoms. The highest BCUT2D eigenvalue weighted by Crippen LogP contribution is 2.25. The zero-order chi connectivity index (χ0) is 16.8. The Morgan fingerprint density at radius 1 is 1.26 bits per heavy atom. The van der Waals surface area contributed by atoms with Crippen LogP contribution in [0.25, 0.3) is 0 Å². The van der Waals surface area contributed by atoms with Crippen molar-refractivity contribution >= 4 is 40.6 Å². The van der Waals surface area contributed by atoms with Gasteiger partial charge in [0.25, 0.3) is 5.69 Å². The average molecular weight is 351 g/mol. The van der Waals surface area contributed by atoms with Crippen molar-refractivity contribution in [2.45, 2.75) is 17.9 Å². The van der Waals surface area contributed by atoms with Crippen LogP contribution in [0.3, 0.4) is 0 Å². The van der Waals surface area contributed by atoms with E-state index in [0.29, 0.717) is 10.8 Å². The molecule has 5 nitrogen and oxygen atoms in total. The van der Waals surface area contributed by atoms with Crippen LogP contribution in [0.15, 0.2) is 48.5 Å². The zero-order valence-corrected chi connectivity index (χ0v) is 13.9. The topological polar surface area (TPSA) is 72.2 Å². The van der Waals surface area contributed by atoms with Gasteiger partial charge in [-0.2, -0.15) is 0 Å². The first-order valence-electron chi connectivity index (χ1n) is 6.87. The molecule has 0 aliphatic rings. The number of thioether (sulfide) groups is 1. The fraction of sp³-hybridized carbons (Fsp3) is 0.188. The number of nitrogens with zero attached hydrogens (tertiary/aromatic N) is 1. The Morgan fingerprint density at radius 3 is 2.57 bits per heavy atom. The fourth-order valence-corrected chi connectivity index (χ4v) is 2.82. The van der Waals surface area contributed by atoms with Gasteiger partial charge in [0.05, 0.1) is 10.2 Å².